The third kappa shape index (κ3) is 3.73. The third-order valence-corrected chi connectivity index (χ3v) is 4.56. The molecule has 0 radical (unpaired) electrons. The summed E-state index contributed by atoms with van der Waals surface area (Å²) in [6.45, 7) is 0.523. The molecule has 0 aromatic heterocycles. The molecule has 0 spiro atoms. The van der Waals surface area contributed by atoms with Crippen molar-refractivity contribution < 1.29 is 9.53 Å². The zero-order valence-electron chi connectivity index (χ0n) is 11.7. The Kier molecular flexibility index (Phi) is 5.05. The number of methoxy groups -OCH3 is 1. The Hall–Kier alpha value is -1.07. The normalized spacial score (nSPS) is 17.6. The molecule has 5 heteroatoms. The monoisotopic (exact) mass is 340 g/mol. The fraction of sp³-hybridized carbons (Fsp3) is 0.533. The zero-order chi connectivity index (χ0) is 14.6. The standard InChI is InChI=1S/C15H21BrN2O2/c1-20-11-5-6-13(16)12(9-11)14(19)18-10-15(17)7-3-2-4-8-15/h5-6,9H,2-4,7-8,10,17H2,1H3,(H,18,19). The van der Waals surface area contributed by atoms with Crippen LogP contribution in [0.4, 0.5) is 0 Å². The predicted octanol–water partition coefficient (Wildman–Crippen LogP) is 2.85. The molecule has 110 valence electrons. The molecule has 1 saturated carbocycles. The molecule has 0 heterocycles. The molecule has 0 unspecified atom stereocenters. The van der Waals surface area contributed by atoms with E-state index in [2.05, 4.69) is 21.2 Å². The minimum absolute atomic E-state index is 0.119. The van der Waals surface area contributed by atoms with Crippen LogP contribution in [0.5, 0.6) is 5.75 Å². The molecule has 0 aliphatic heterocycles. The van der Waals surface area contributed by atoms with Gasteiger partial charge in [-0.15, -0.1) is 0 Å². The van der Waals surface area contributed by atoms with Crippen LogP contribution in [-0.2, 0) is 0 Å². The van der Waals surface area contributed by atoms with Crippen molar-refractivity contribution in [1.29, 1.82) is 0 Å². The van der Waals surface area contributed by atoms with Gasteiger partial charge in [0, 0.05) is 16.6 Å². The third-order valence-electron chi connectivity index (χ3n) is 3.87. The minimum atomic E-state index is -0.251. The molecular weight excluding hydrogens is 320 g/mol. The van der Waals surface area contributed by atoms with Gasteiger partial charge in [0.2, 0.25) is 0 Å². The molecule has 20 heavy (non-hydrogen) atoms. The minimum Gasteiger partial charge on any atom is -0.497 e. The Balaban J connectivity index is 2.01. The summed E-state index contributed by atoms with van der Waals surface area (Å²) in [5.74, 6) is 0.546. The Morgan fingerprint density at radius 1 is 1.40 bits per heavy atom. The summed E-state index contributed by atoms with van der Waals surface area (Å²) in [5.41, 5.74) is 6.65. The number of halogens is 1. The van der Waals surface area contributed by atoms with Crippen molar-refractivity contribution in [3.63, 3.8) is 0 Å². The van der Waals surface area contributed by atoms with Crippen LogP contribution in [0.25, 0.3) is 0 Å². The SMILES string of the molecule is COc1ccc(Br)c(C(=O)NCC2(N)CCCCC2)c1. The summed E-state index contributed by atoms with van der Waals surface area (Å²) in [4.78, 5) is 12.3. The summed E-state index contributed by atoms with van der Waals surface area (Å²) in [7, 11) is 1.59. The number of rotatable bonds is 4. The number of amides is 1. The van der Waals surface area contributed by atoms with Gasteiger partial charge >= 0.3 is 0 Å². The van der Waals surface area contributed by atoms with Gasteiger partial charge in [0.25, 0.3) is 5.91 Å². The summed E-state index contributed by atoms with van der Waals surface area (Å²) >= 11 is 3.39. The second-order valence-electron chi connectivity index (χ2n) is 5.45. The summed E-state index contributed by atoms with van der Waals surface area (Å²) in [5, 5.41) is 2.95. The highest BCUT2D eigenvalue weighted by atomic mass is 79.9. The molecule has 0 bridgehead atoms. The van der Waals surface area contributed by atoms with Crippen LogP contribution in [0.2, 0.25) is 0 Å². The van der Waals surface area contributed by atoms with Gasteiger partial charge in [-0.2, -0.15) is 0 Å². The van der Waals surface area contributed by atoms with Crippen LogP contribution in [0.15, 0.2) is 22.7 Å². The number of carbonyl (C=O) groups excluding carboxylic acids is 1. The van der Waals surface area contributed by atoms with Gasteiger partial charge in [-0.3, -0.25) is 4.79 Å². The van der Waals surface area contributed by atoms with Crippen LogP contribution in [0.3, 0.4) is 0 Å². The van der Waals surface area contributed by atoms with E-state index in [4.69, 9.17) is 10.5 Å². The largest absolute Gasteiger partial charge is 0.497 e. The van der Waals surface area contributed by atoms with Gasteiger partial charge < -0.3 is 15.8 Å². The first-order valence-corrected chi connectivity index (χ1v) is 7.74. The number of nitrogens with two attached hydrogens (primary N) is 1. The maximum absolute atomic E-state index is 12.3. The number of benzene rings is 1. The van der Waals surface area contributed by atoms with E-state index in [1.54, 1.807) is 13.2 Å². The average molecular weight is 341 g/mol. The van der Waals surface area contributed by atoms with Gasteiger partial charge in [-0.05, 0) is 47.0 Å². The fourth-order valence-electron chi connectivity index (χ4n) is 2.59. The Morgan fingerprint density at radius 2 is 2.10 bits per heavy atom. The number of nitrogens with one attached hydrogen (secondary N) is 1. The maximum atomic E-state index is 12.3. The summed E-state index contributed by atoms with van der Waals surface area (Å²) in [6, 6.07) is 5.35. The van der Waals surface area contributed by atoms with Crippen molar-refractivity contribution in [2.24, 2.45) is 5.73 Å². The Bertz CT molecular complexity index is 485. The molecule has 1 aromatic carbocycles. The highest BCUT2D eigenvalue weighted by molar-refractivity contribution is 9.10. The fourth-order valence-corrected chi connectivity index (χ4v) is 3.02. The first-order valence-electron chi connectivity index (χ1n) is 6.95. The maximum Gasteiger partial charge on any atom is 0.252 e. The van der Waals surface area contributed by atoms with E-state index in [0.29, 0.717) is 17.9 Å². The number of ether oxygens (including phenoxy) is 1. The summed E-state index contributed by atoms with van der Waals surface area (Å²) < 4.78 is 5.90. The molecular formula is C15H21BrN2O2. The van der Waals surface area contributed by atoms with Gasteiger partial charge in [0.05, 0.1) is 12.7 Å². The first-order chi connectivity index (χ1) is 9.54. The highest BCUT2D eigenvalue weighted by Gasteiger charge is 2.28. The van der Waals surface area contributed by atoms with E-state index in [-0.39, 0.29) is 11.4 Å². The second kappa shape index (κ2) is 6.59. The smallest absolute Gasteiger partial charge is 0.252 e. The molecule has 2 rings (SSSR count). The van der Waals surface area contributed by atoms with E-state index < -0.39 is 0 Å². The second-order valence-corrected chi connectivity index (χ2v) is 6.31. The molecule has 1 aliphatic carbocycles. The van der Waals surface area contributed by atoms with E-state index >= 15 is 0 Å². The Labute approximate surface area is 128 Å². The lowest BCUT2D eigenvalue weighted by Crippen LogP contribution is -2.51. The van der Waals surface area contributed by atoms with Crippen molar-refractivity contribution in [2.75, 3.05) is 13.7 Å². The molecule has 3 N–H and O–H groups in total. The molecule has 1 amide bonds. The van der Waals surface area contributed by atoms with Crippen LogP contribution >= 0.6 is 15.9 Å². The van der Waals surface area contributed by atoms with Crippen molar-refractivity contribution in [1.82, 2.24) is 5.32 Å². The van der Waals surface area contributed by atoms with Crippen LogP contribution in [-0.4, -0.2) is 25.1 Å². The van der Waals surface area contributed by atoms with Gasteiger partial charge in [0.1, 0.15) is 5.75 Å². The molecule has 1 fully saturated rings. The lowest BCUT2D eigenvalue weighted by atomic mass is 9.82. The number of hydrogen-bond acceptors (Lipinski definition) is 3. The number of carbonyl (C=O) groups is 1. The van der Waals surface area contributed by atoms with Crippen molar-refractivity contribution in [3.05, 3.63) is 28.2 Å². The summed E-state index contributed by atoms with van der Waals surface area (Å²) in [6.07, 6.45) is 5.50. The lowest BCUT2D eigenvalue weighted by Gasteiger charge is -2.33. The van der Waals surface area contributed by atoms with Crippen molar-refractivity contribution in [2.45, 2.75) is 37.6 Å². The van der Waals surface area contributed by atoms with Crippen LogP contribution < -0.4 is 15.8 Å². The zero-order valence-corrected chi connectivity index (χ0v) is 13.3. The van der Waals surface area contributed by atoms with Gasteiger partial charge in [-0.25, -0.2) is 0 Å². The van der Waals surface area contributed by atoms with Crippen molar-refractivity contribution >= 4 is 21.8 Å². The average Bonchev–Trinajstić information content (AvgIpc) is 2.46. The van der Waals surface area contributed by atoms with Crippen molar-refractivity contribution in [3.8, 4) is 5.75 Å². The van der Waals surface area contributed by atoms with Crippen LogP contribution in [0.1, 0.15) is 42.5 Å². The van der Waals surface area contributed by atoms with E-state index in [1.807, 2.05) is 12.1 Å². The van der Waals surface area contributed by atoms with Gasteiger partial charge in [0.15, 0.2) is 0 Å². The van der Waals surface area contributed by atoms with E-state index in [0.717, 1.165) is 30.2 Å². The lowest BCUT2D eigenvalue weighted by molar-refractivity contribution is 0.0936. The van der Waals surface area contributed by atoms with E-state index in [1.165, 1.54) is 6.42 Å². The molecule has 0 atom stereocenters. The Morgan fingerprint density at radius 3 is 2.75 bits per heavy atom. The topological polar surface area (TPSA) is 64.3 Å². The molecule has 1 aromatic rings. The number of hydrogen-bond donors (Lipinski definition) is 2. The molecule has 4 nitrogen and oxygen atoms in total. The molecule has 1 aliphatic rings. The molecule has 0 saturated heterocycles. The van der Waals surface area contributed by atoms with E-state index in [9.17, 15) is 4.79 Å². The predicted molar refractivity (Wildman–Crippen MR) is 83.0 cm³/mol. The first kappa shape index (κ1) is 15.3. The quantitative estimate of drug-likeness (QED) is 0.885. The highest BCUT2D eigenvalue weighted by Crippen LogP contribution is 2.26. The van der Waals surface area contributed by atoms with Gasteiger partial charge in [-0.1, -0.05) is 19.3 Å². The van der Waals surface area contributed by atoms with Crippen LogP contribution in [0, 0.1) is 0 Å².